The van der Waals surface area contributed by atoms with E-state index in [9.17, 15) is 0 Å². The van der Waals surface area contributed by atoms with E-state index >= 15 is 0 Å². The average Bonchev–Trinajstić information content (AvgIpc) is 2.37. The van der Waals surface area contributed by atoms with E-state index in [-0.39, 0.29) is 0 Å². The van der Waals surface area contributed by atoms with Crippen LogP contribution >= 0.6 is 15.9 Å². The second kappa shape index (κ2) is 6.49. The highest BCUT2D eigenvalue weighted by molar-refractivity contribution is 9.10. The number of nitrogens with one attached hydrogen (secondary N) is 1. The Kier molecular flexibility index (Phi) is 4.70. The molecule has 0 amide bonds. The fourth-order valence-corrected chi connectivity index (χ4v) is 2.05. The Labute approximate surface area is 120 Å². The maximum atomic E-state index is 5.73. The smallest absolute Gasteiger partial charge is 0.158 e. The minimum atomic E-state index is 0.342. The molecule has 1 aromatic heterocycles. The van der Waals surface area contributed by atoms with E-state index in [1.807, 2.05) is 24.3 Å². The summed E-state index contributed by atoms with van der Waals surface area (Å²) in [6, 6.07) is 9.72. The number of aromatic nitrogens is 2. The van der Waals surface area contributed by atoms with Crippen molar-refractivity contribution in [3.05, 3.63) is 46.2 Å². The Hall–Kier alpha value is -1.66. The number of nitrogen functional groups attached to an aromatic ring is 1. The van der Waals surface area contributed by atoms with Gasteiger partial charge in [0.2, 0.25) is 0 Å². The van der Waals surface area contributed by atoms with Crippen molar-refractivity contribution in [2.75, 3.05) is 18.2 Å². The molecule has 0 unspecified atom stereocenters. The molecule has 1 heterocycles. The summed E-state index contributed by atoms with van der Waals surface area (Å²) in [7, 11) is 1.60. The predicted molar refractivity (Wildman–Crippen MR) is 78.6 cm³/mol. The Morgan fingerprint density at radius 1 is 1.32 bits per heavy atom. The predicted octanol–water partition coefficient (Wildman–Crippen LogP) is 2.58. The number of ether oxygens (including phenoxy) is 1. The summed E-state index contributed by atoms with van der Waals surface area (Å²) >= 11 is 3.51. The van der Waals surface area contributed by atoms with Gasteiger partial charge in [-0.15, -0.1) is 0 Å². The first-order chi connectivity index (χ1) is 9.19. The van der Waals surface area contributed by atoms with Gasteiger partial charge in [0.05, 0.1) is 0 Å². The van der Waals surface area contributed by atoms with Crippen LogP contribution in [0.5, 0.6) is 0 Å². The SMILES string of the molecule is COCc1nc(N)cc(NCc2ccccc2Br)n1. The Balaban J connectivity index is 2.09. The van der Waals surface area contributed by atoms with Gasteiger partial charge in [-0.3, -0.25) is 0 Å². The molecular weight excluding hydrogens is 308 g/mol. The lowest BCUT2D eigenvalue weighted by Gasteiger charge is -2.09. The molecule has 5 nitrogen and oxygen atoms in total. The molecular formula is C13H15BrN4O. The normalized spacial score (nSPS) is 10.4. The van der Waals surface area contributed by atoms with Crippen molar-refractivity contribution in [2.24, 2.45) is 0 Å². The number of halogens is 1. The topological polar surface area (TPSA) is 73.1 Å². The lowest BCUT2D eigenvalue weighted by atomic mass is 10.2. The van der Waals surface area contributed by atoms with Crippen LogP contribution in [-0.2, 0) is 17.9 Å². The van der Waals surface area contributed by atoms with E-state index in [1.165, 1.54) is 0 Å². The maximum absolute atomic E-state index is 5.73. The largest absolute Gasteiger partial charge is 0.384 e. The summed E-state index contributed by atoms with van der Waals surface area (Å²) in [6.07, 6.45) is 0. The maximum Gasteiger partial charge on any atom is 0.158 e. The average molecular weight is 323 g/mol. The minimum Gasteiger partial charge on any atom is -0.384 e. The van der Waals surface area contributed by atoms with Crippen LogP contribution < -0.4 is 11.1 Å². The molecule has 0 aliphatic heterocycles. The van der Waals surface area contributed by atoms with E-state index in [0.29, 0.717) is 30.6 Å². The molecule has 100 valence electrons. The van der Waals surface area contributed by atoms with Crippen molar-refractivity contribution >= 4 is 27.6 Å². The summed E-state index contributed by atoms with van der Waals surface area (Å²) in [4.78, 5) is 8.41. The fourth-order valence-electron chi connectivity index (χ4n) is 1.63. The van der Waals surface area contributed by atoms with Gasteiger partial charge in [0.15, 0.2) is 5.82 Å². The van der Waals surface area contributed by atoms with Gasteiger partial charge in [0.25, 0.3) is 0 Å². The summed E-state index contributed by atoms with van der Waals surface area (Å²) in [5.41, 5.74) is 6.88. The van der Waals surface area contributed by atoms with Crippen molar-refractivity contribution in [3.63, 3.8) is 0 Å². The standard InChI is InChI=1S/C13H15BrN4O/c1-19-8-13-17-11(15)6-12(18-13)16-7-9-4-2-3-5-10(9)14/h2-6H,7-8H2,1H3,(H3,15,16,17,18). The van der Waals surface area contributed by atoms with Crippen LogP contribution in [0.2, 0.25) is 0 Å². The first-order valence-electron chi connectivity index (χ1n) is 5.78. The highest BCUT2D eigenvalue weighted by atomic mass is 79.9. The molecule has 0 saturated heterocycles. The molecule has 19 heavy (non-hydrogen) atoms. The van der Waals surface area contributed by atoms with Crippen LogP contribution in [0.3, 0.4) is 0 Å². The molecule has 0 fully saturated rings. The summed E-state index contributed by atoms with van der Waals surface area (Å²) in [5, 5.41) is 3.22. The Bertz CT molecular complexity index is 562. The van der Waals surface area contributed by atoms with Gasteiger partial charge in [-0.05, 0) is 11.6 Å². The second-order valence-electron chi connectivity index (χ2n) is 3.97. The van der Waals surface area contributed by atoms with Crippen molar-refractivity contribution in [3.8, 4) is 0 Å². The highest BCUT2D eigenvalue weighted by Gasteiger charge is 2.03. The van der Waals surface area contributed by atoms with Gasteiger partial charge in [0.1, 0.15) is 18.2 Å². The Morgan fingerprint density at radius 2 is 2.11 bits per heavy atom. The van der Waals surface area contributed by atoms with E-state index in [4.69, 9.17) is 10.5 Å². The molecule has 3 N–H and O–H groups in total. The molecule has 0 saturated carbocycles. The molecule has 2 aromatic rings. The molecule has 0 atom stereocenters. The Morgan fingerprint density at radius 3 is 2.84 bits per heavy atom. The number of methoxy groups -OCH3 is 1. The summed E-state index contributed by atoms with van der Waals surface area (Å²) in [5.74, 6) is 1.68. The van der Waals surface area contributed by atoms with Crippen LogP contribution in [0, 0.1) is 0 Å². The molecule has 0 aliphatic rings. The van der Waals surface area contributed by atoms with Gasteiger partial charge in [-0.25, -0.2) is 9.97 Å². The van der Waals surface area contributed by atoms with Gasteiger partial charge < -0.3 is 15.8 Å². The number of anilines is 2. The third kappa shape index (κ3) is 3.90. The zero-order valence-corrected chi connectivity index (χ0v) is 12.1. The number of nitrogens with two attached hydrogens (primary N) is 1. The number of rotatable bonds is 5. The fraction of sp³-hybridized carbons (Fsp3) is 0.231. The van der Waals surface area contributed by atoms with Crippen molar-refractivity contribution < 1.29 is 4.74 Å². The lowest BCUT2D eigenvalue weighted by Crippen LogP contribution is -2.07. The van der Waals surface area contributed by atoms with E-state index in [2.05, 4.69) is 31.2 Å². The summed E-state index contributed by atoms with van der Waals surface area (Å²) < 4.78 is 6.06. The number of nitrogens with zero attached hydrogens (tertiary/aromatic N) is 2. The summed E-state index contributed by atoms with van der Waals surface area (Å²) in [6.45, 7) is 0.999. The van der Waals surface area contributed by atoms with Gasteiger partial charge in [0, 0.05) is 24.2 Å². The van der Waals surface area contributed by atoms with E-state index in [0.717, 1.165) is 10.0 Å². The van der Waals surface area contributed by atoms with Crippen LogP contribution in [0.25, 0.3) is 0 Å². The quantitative estimate of drug-likeness (QED) is 0.885. The third-order valence-corrected chi connectivity index (χ3v) is 3.26. The second-order valence-corrected chi connectivity index (χ2v) is 4.83. The number of hydrogen-bond donors (Lipinski definition) is 2. The molecule has 0 bridgehead atoms. The van der Waals surface area contributed by atoms with Gasteiger partial charge in [-0.2, -0.15) is 0 Å². The molecule has 0 spiro atoms. The van der Waals surface area contributed by atoms with Crippen molar-refractivity contribution in [1.82, 2.24) is 9.97 Å². The van der Waals surface area contributed by atoms with E-state index < -0.39 is 0 Å². The zero-order valence-electron chi connectivity index (χ0n) is 10.6. The third-order valence-electron chi connectivity index (χ3n) is 2.48. The van der Waals surface area contributed by atoms with Gasteiger partial charge >= 0.3 is 0 Å². The number of benzene rings is 1. The van der Waals surface area contributed by atoms with Crippen molar-refractivity contribution in [2.45, 2.75) is 13.2 Å². The number of hydrogen-bond acceptors (Lipinski definition) is 5. The van der Waals surface area contributed by atoms with E-state index in [1.54, 1.807) is 13.2 Å². The minimum absolute atomic E-state index is 0.342. The molecule has 1 aromatic carbocycles. The first kappa shape index (κ1) is 13.8. The van der Waals surface area contributed by atoms with Crippen LogP contribution in [-0.4, -0.2) is 17.1 Å². The zero-order chi connectivity index (χ0) is 13.7. The molecule has 6 heteroatoms. The van der Waals surface area contributed by atoms with Crippen molar-refractivity contribution in [1.29, 1.82) is 0 Å². The van der Waals surface area contributed by atoms with Gasteiger partial charge in [-0.1, -0.05) is 34.1 Å². The van der Waals surface area contributed by atoms with Crippen LogP contribution in [0.1, 0.15) is 11.4 Å². The van der Waals surface area contributed by atoms with Crippen LogP contribution in [0.15, 0.2) is 34.8 Å². The highest BCUT2D eigenvalue weighted by Crippen LogP contribution is 2.17. The molecule has 0 aliphatic carbocycles. The molecule has 0 radical (unpaired) electrons. The monoisotopic (exact) mass is 322 g/mol. The lowest BCUT2D eigenvalue weighted by molar-refractivity contribution is 0.178. The first-order valence-corrected chi connectivity index (χ1v) is 6.58. The molecule has 2 rings (SSSR count). The van der Waals surface area contributed by atoms with Crippen LogP contribution in [0.4, 0.5) is 11.6 Å².